The van der Waals surface area contributed by atoms with E-state index in [0.29, 0.717) is 12.8 Å². The lowest BCUT2D eigenvalue weighted by Crippen LogP contribution is -2.53. The zero-order valence-corrected chi connectivity index (χ0v) is 14.9. The van der Waals surface area contributed by atoms with Gasteiger partial charge in [0.2, 0.25) is 5.91 Å². The molecule has 1 fully saturated rings. The standard InChI is InChI=1S/C17H23N3O5/c1-18-11-12(14(22)19(2)16(18)24)7-8-13(21)20(3)17(15(23)25-4)9-5-6-10-17/h7-8,11H,5-6,9-10H2,1-4H3/b8-7+. The Labute approximate surface area is 145 Å². The van der Waals surface area contributed by atoms with Gasteiger partial charge in [-0.25, -0.2) is 9.59 Å². The number of amides is 1. The Bertz CT molecular complexity index is 828. The first-order chi connectivity index (χ1) is 11.7. The highest BCUT2D eigenvalue weighted by Crippen LogP contribution is 2.35. The van der Waals surface area contributed by atoms with Gasteiger partial charge in [0.05, 0.1) is 12.7 Å². The summed E-state index contributed by atoms with van der Waals surface area (Å²) < 4.78 is 7.13. The number of likely N-dealkylation sites (N-methyl/N-ethyl adjacent to an activating group) is 1. The van der Waals surface area contributed by atoms with E-state index in [1.807, 2.05) is 0 Å². The largest absolute Gasteiger partial charge is 0.467 e. The van der Waals surface area contributed by atoms with Gasteiger partial charge in [0, 0.05) is 33.4 Å². The molecule has 0 N–H and O–H groups in total. The van der Waals surface area contributed by atoms with E-state index >= 15 is 0 Å². The summed E-state index contributed by atoms with van der Waals surface area (Å²) in [6, 6.07) is 0. The van der Waals surface area contributed by atoms with Crippen molar-refractivity contribution in [2.45, 2.75) is 31.2 Å². The quantitative estimate of drug-likeness (QED) is 0.565. The average molecular weight is 349 g/mol. The highest BCUT2D eigenvalue weighted by atomic mass is 16.5. The summed E-state index contributed by atoms with van der Waals surface area (Å²) in [4.78, 5) is 49.9. The van der Waals surface area contributed by atoms with Gasteiger partial charge >= 0.3 is 11.7 Å². The predicted octanol–water partition coefficient (Wildman–Crippen LogP) is 0.0414. The van der Waals surface area contributed by atoms with Gasteiger partial charge in [-0.05, 0) is 18.9 Å². The number of esters is 1. The average Bonchev–Trinajstić information content (AvgIpc) is 3.11. The summed E-state index contributed by atoms with van der Waals surface area (Å²) in [5, 5.41) is 0. The number of aryl methyl sites for hydroxylation is 1. The molecule has 0 bridgehead atoms. The van der Waals surface area contributed by atoms with Crippen LogP contribution in [-0.4, -0.2) is 45.6 Å². The third kappa shape index (κ3) is 3.29. The maximum absolute atomic E-state index is 12.5. The first-order valence-corrected chi connectivity index (χ1v) is 8.05. The second kappa shape index (κ2) is 7.08. The molecule has 0 aromatic carbocycles. The molecule has 136 valence electrons. The molecule has 8 nitrogen and oxygen atoms in total. The van der Waals surface area contributed by atoms with Gasteiger partial charge < -0.3 is 14.2 Å². The van der Waals surface area contributed by atoms with Gasteiger partial charge in [-0.1, -0.05) is 12.8 Å². The SMILES string of the molecule is COC(=O)C1(N(C)C(=O)/C=C/c2cn(C)c(=O)n(C)c2=O)CCCC1. The molecule has 1 aromatic rings. The zero-order chi connectivity index (χ0) is 18.8. The minimum absolute atomic E-state index is 0.213. The summed E-state index contributed by atoms with van der Waals surface area (Å²) in [6.07, 6.45) is 6.77. The van der Waals surface area contributed by atoms with E-state index in [1.165, 1.54) is 49.0 Å². The molecule has 0 spiro atoms. The van der Waals surface area contributed by atoms with Gasteiger partial charge in [-0.3, -0.25) is 14.2 Å². The third-order valence-electron chi connectivity index (χ3n) is 4.85. The molecule has 1 amide bonds. The number of nitrogens with zero attached hydrogens (tertiary/aromatic N) is 3. The van der Waals surface area contributed by atoms with Gasteiger partial charge in [0.25, 0.3) is 5.56 Å². The third-order valence-corrected chi connectivity index (χ3v) is 4.85. The normalized spacial score (nSPS) is 16.2. The van der Waals surface area contributed by atoms with E-state index < -0.39 is 28.7 Å². The minimum atomic E-state index is -0.954. The van der Waals surface area contributed by atoms with Crippen molar-refractivity contribution in [1.82, 2.24) is 14.0 Å². The highest BCUT2D eigenvalue weighted by Gasteiger charge is 2.47. The van der Waals surface area contributed by atoms with Crippen molar-refractivity contribution < 1.29 is 14.3 Å². The number of rotatable bonds is 4. The van der Waals surface area contributed by atoms with Crippen LogP contribution in [0.4, 0.5) is 0 Å². The van der Waals surface area contributed by atoms with Crippen LogP contribution < -0.4 is 11.2 Å². The first-order valence-electron chi connectivity index (χ1n) is 8.05. The van der Waals surface area contributed by atoms with Crippen LogP contribution >= 0.6 is 0 Å². The molecule has 2 rings (SSSR count). The van der Waals surface area contributed by atoms with Crippen LogP contribution in [0.5, 0.6) is 0 Å². The number of aromatic nitrogens is 2. The molecule has 0 saturated heterocycles. The maximum atomic E-state index is 12.5. The molecule has 1 aromatic heterocycles. The number of methoxy groups -OCH3 is 1. The number of ether oxygens (including phenoxy) is 1. The second-order valence-corrected chi connectivity index (χ2v) is 6.30. The van der Waals surface area contributed by atoms with E-state index in [9.17, 15) is 19.2 Å². The molecular formula is C17H23N3O5. The molecule has 0 aliphatic heterocycles. The molecule has 1 aliphatic carbocycles. The number of carbonyl (C=O) groups is 2. The molecule has 0 radical (unpaired) electrons. The Balaban J connectivity index is 2.30. The Hall–Kier alpha value is -2.64. The monoisotopic (exact) mass is 349 g/mol. The first kappa shape index (κ1) is 18.7. The summed E-state index contributed by atoms with van der Waals surface area (Å²) >= 11 is 0. The predicted molar refractivity (Wildman–Crippen MR) is 91.9 cm³/mol. The van der Waals surface area contributed by atoms with Crippen molar-refractivity contribution in [1.29, 1.82) is 0 Å². The lowest BCUT2D eigenvalue weighted by molar-refractivity contribution is -0.158. The summed E-state index contributed by atoms with van der Waals surface area (Å²) in [5.41, 5.74) is -1.67. The van der Waals surface area contributed by atoms with Crippen LogP contribution in [0.15, 0.2) is 21.9 Å². The van der Waals surface area contributed by atoms with Crippen LogP contribution in [0.2, 0.25) is 0 Å². The smallest absolute Gasteiger partial charge is 0.331 e. The molecule has 8 heteroatoms. The Morgan fingerprint density at radius 1 is 1.24 bits per heavy atom. The van der Waals surface area contributed by atoms with Crippen molar-refractivity contribution in [3.8, 4) is 0 Å². The molecule has 1 heterocycles. The van der Waals surface area contributed by atoms with E-state index in [4.69, 9.17) is 4.74 Å². The summed E-state index contributed by atoms with van der Waals surface area (Å²) in [6.45, 7) is 0. The van der Waals surface area contributed by atoms with Gasteiger partial charge in [-0.15, -0.1) is 0 Å². The number of hydrogen-bond acceptors (Lipinski definition) is 5. The van der Waals surface area contributed by atoms with Crippen molar-refractivity contribution in [2.24, 2.45) is 14.1 Å². The minimum Gasteiger partial charge on any atom is -0.467 e. The molecule has 0 unspecified atom stereocenters. The topological polar surface area (TPSA) is 90.6 Å². The highest BCUT2D eigenvalue weighted by molar-refractivity contribution is 5.96. The summed E-state index contributed by atoms with van der Waals surface area (Å²) in [5.74, 6) is -0.824. The molecule has 0 atom stereocenters. The van der Waals surface area contributed by atoms with E-state index in [0.717, 1.165) is 17.4 Å². The zero-order valence-electron chi connectivity index (χ0n) is 14.9. The summed E-state index contributed by atoms with van der Waals surface area (Å²) in [7, 11) is 5.77. The fourth-order valence-corrected chi connectivity index (χ4v) is 3.26. The Morgan fingerprint density at radius 2 is 1.84 bits per heavy atom. The van der Waals surface area contributed by atoms with Crippen LogP contribution in [0.3, 0.4) is 0 Å². The van der Waals surface area contributed by atoms with E-state index in [2.05, 4.69) is 0 Å². The lowest BCUT2D eigenvalue weighted by Gasteiger charge is -2.35. The van der Waals surface area contributed by atoms with Crippen LogP contribution in [0, 0.1) is 0 Å². The van der Waals surface area contributed by atoms with Crippen LogP contribution in [-0.2, 0) is 28.4 Å². The molecule has 1 saturated carbocycles. The fourth-order valence-electron chi connectivity index (χ4n) is 3.26. The maximum Gasteiger partial charge on any atom is 0.331 e. The van der Waals surface area contributed by atoms with Gasteiger partial charge in [-0.2, -0.15) is 0 Å². The Morgan fingerprint density at radius 3 is 2.40 bits per heavy atom. The van der Waals surface area contributed by atoms with Gasteiger partial charge in [0.1, 0.15) is 5.54 Å². The fraction of sp³-hybridized carbons (Fsp3) is 0.529. The van der Waals surface area contributed by atoms with E-state index in [-0.39, 0.29) is 5.56 Å². The number of hydrogen-bond donors (Lipinski definition) is 0. The van der Waals surface area contributed by atoms with Crippen LogP contribution in [0.1, 0.15) is 31.2 Å². The number of carbonyl (C=O) groups excluding carboxylic acids is 2. The lowest BCUT2D eigenvalue weighted by atomic mass is 9.95. The Kier molecular flexibility index (Phi) is 5.30. The van der Waals surface area contributed by atoms with Crippen LogP contribution in [0.25, 0.3) is 6.08 Å². The van der Waals surface area contributed by atoms with Gasteiger partial charge in [0.15, 0.2) is 0 Å². The van der Waals surface area contributed by atoms with Crippen molar-refractivity contribution in [3.63, 3.8) is 0 Å². The van der Waals surface area contributed by atoms with Crippen molar-refractivity contribution in [2.75, 3.05) is 14.2 Å². The van der Waals surface area contributed by atoms with Crippen molar-refractivity contribution >= 4 is 18.0 Å². The van der Waals surface area contributed by atoms with Crippen molar-refractivity contribution in [3.05, 3.63) is 38.7 Å². The second-order valence-electron chi connectivity index (χ2n) is 6.30. The van der Waals surface area contributed by atoms with E-state index in [1.54, 1.807) is 7.05 Å². The molecular weight excluding hydrogens is 326 g/mol. The molecule has 1 aliphatic rings. The molecule has 25 heavy (non-hydrogen) atoms.